The maximum absolute atomic E-state index is 8.78. The summed E-state index contributed by atoms with van der Waals surface area (Å²) in [7, 11) is 1.65. The second-order valence-corrected chi connectivity index (χ2v) is 4.00. The van der Waals surface area contributed by atoms with E-state index in [2.05, 4.69) is 0 Å². The molecule has 96 valence electrons. The Morgan fingerprint density at radius 1 is 1.21 bits per heavy atom. The van der Waals surface area contributed by atoms with E-state index >= 15 is 0 Å². The fourth-order valence-electron chi connectivity index (χ4n) is 1.93. The third-order valence-electron chi connectivity index (χ3n) is 2.83. The summed E-state index contributed by atoms with van der Waals surface area (Å²) in [6.45, 7) is 2.44. The molecule has 0 amide bonds. The zero-order chi connectivity index (χ0) is 13.7. The molecular formula is C16H15NO2. The highest BCUT2D eigenvalue weighted by atomic mass is 16.5. The van der Waals surface area contributed by atoms with E-state index < -0.39 is 0 Å². The number of allylic oxidation sites excluding steroid dienone is 1. The normalized spacial score (nSPS) is 11.1. The van der Waals surface area contributed by atoms with Crippen LogP contribution in [0.4, 0.5) is 0 Å². The Bertz CT molecular complexity index is 653. The van der Waals surface area contributed by atoms with Crippen LogP contribution in [0.1, 0.15) is 12.5 Å². The van der Waals surface area contributed by atoms with Gasteiger partial charge in [-0.2, -0.15) is 5.26 Å². The molecule has 19 heavy (non-hydrogen) atoms. The molecule has 2 aromatic rings. The highest BCUT2D eigenvalue weighted by molar-refractivity contribution is 5.87. The van der Waals surface area contributed by atoms with Gasteiger partial charge in [-0.3, -0.25) is 0 Å². The van der Waals surface area contributed by atoms with Gasteiger partial charge in [-0.1, -0.05) is 18.2 Å². The Hall–Kier alpha value is -2.47. The van der Waals surface area contributed by atoms with Gasteiger partial charge in [0.15, 0.2) is 0 Å². The fourth-order valence-corrected chi connectivity index (χ4v) is 1.93. The summed E-state index contributed by atoms with van der Waals surface area (Å²) < 4.78 is 10.7. The van der Waals surface area contributed by atoms with Crippen molar-refractivity contribution >= 4 is 16.5 Å². The average molecular weight is 253 g/mol. The zero-order valence-corrected chi connectivity index (χ0v) is 11.0. The highest BCUT2D eigenvalue weighted by Crippen LogP contribution is 2.25. The summed E-state index contributed by atoms with van der Waals surface area (Å²) in [6, 6.07) is 13.9. The molecule has 0 saturated heterocycles. The Morgan fingerprint density at radius 2 is 1.95 bits per heavy atom. The van der Waals surface area contributed by atoms with Gasteiger partial charge in [0.2, 0.25) is 0 Å². The molecule has 0 bridgehead atoms. The van der Waals surface area contributed by atoms with Gasteiger partial charge in [-0.15, -0.1) is 0 Å². The zero-order valence-electron chi connectivity index (χ0n) is 11.0. The SMILES string of the molecule is CCO/C(=C/C#N)c1ccc2cc(OC)ccc2c1. The third kappa shape index (κ3) is 2.86. The van der Waals surface area contributed by atoms with Crippen LogP contribution in [0.5, 0.6) is 5.75 Å². The van der Waals surface area contributed by atoms with Crippen molar-refractivity contribution in [3.05, 3.63) is 48.0 Å². The van der Waals surface area contributed by atoms with Crippen LogP contribution in [0, 0.1) is 11.3 Å². The van der Waals surface area contributed by atoms with Gasteiger partial charge >= 0.3 is 0 Å². The van der Waals surface area contributed by atoms with E-state index in [0.717, 1.165) is 22.1 Å². The number of fused-ring (bicyclic) bond motifs is 1. The van der Waals surface area contributed by atoms with Crippen LogP contribution in [0.25, 0.3) is 16.5 Å². The maximum Gasteiger partial charge on any atom is 0.136 e. The predicted molar refractivity (Wildman–Crippen MR) is 75.7 cm³/mol. The first-order valence-electron chi connectivity index (χ1n) is 6.09. The minimum Gasteiger partial charge on any atom is -0.497 e. The number of hydrogen-bond donors (Lipinski definition) is 0. The molecule has 0 aliphatic rings. The molecule has 0 aromatic heterocycles. The summed E-state index contributed by atoms with van der Waals surface area (Å²) in [6.07, 6.45) is 1.42. The number of methoxy groups -OCH3 is 1. The lowest BCUT2D eigenvalue weighted by Crippen LogP contribution is -1.92. The largest absolute Gasteiger partial charge is 0.497 e. The smallest absolute Gasteiger partial charge is 0.136 e. The van der Waals surface area contributed by atoms with E-state index in [-0.39, 0.29) is 0 Å². The number of nitriles is 1. The lowest BCUT2D eigenvalue weighted by atomic mass is 10.1. The van der Waals surface area contributed by atoms with Gasteiger partial charge in [0.25, 0.3) is 0 Å². The van der Waals surface area contributed by atoms with Gasteiger partial charge in [-0.25, -0.2) is 0 Å². The lowest BCUT2D eigenvalue weighted by Gasteiger charge is -2.09. The molecule has 0 saturated carbocycles. The van der Waals surface area contributed by atoms with Crippen LogP contribution in [0.15, 0.2) is 42.5 Å². The number of rotatable bonds is 4. The van der Waals surface area contributed by atoms with E-state index in [0.29, 0.717) is 12.4 Å². The van der Waals surface area contributed by atoms with E-state index in [4.69, 9.17) is 14.7 Å². The number of hydrogen-bond acceptors (Lipinski definition) is 3. The predicted octanol–water partition coefficient (Wildman–Crippen LogP) is 3.75. The van der Waals surface area contributed by atoms with Crippen LogP contribution >= 0.6 is 0 Å². The molecule has 0 radical (unpaired) electrons. The van der Waals surface area contributed by atoms with Gasteiger partial charge < -0.3 is 9.47 Å². The summed E-state index contributed by atoms with van der Waals surface area (Å²) >= 11 is 0. The molecule has 0 unspecified atom stereocenters. The minimum absolute atomic E-state index is 0.536. The Balaban J connectivity index is 2.47. The quantitative estimate of drug-likeness (QED) is 0.615. The molecule has 2 aromatic carbocycles. The van der Waals surface area contributed by atoms with Crippen LogP contribution in [-0.2, 0) is 4.74 Å². The molecule has 0 spiro atoms. The van der Waals surface area contributed by atoms with Crippen molar-refractivity contribution in [2.24, 2.45) is 0 Å². The van der Waals surface area contributed by atoms with E-state index in [1.54, 1.807) is 7.11 Å². The number of nitrogens with zero attached hydrogens (tertiary/aromatic N) is 1. The molecule has 0 heterocycles. The van der Waals surface area contributed by atoms with Crippen molar-refractivity contribution in [1.29, 1.82) is 5.26 Å². The van der Waals surface area contributed by atoms with E-state index in [9.17, 15) is 0 Å². The maximum atomic E-state index is 8.78. The van der Waals surface area contributed by atoms with Crippen molar-refractivity contribution in [3.8, 4) is 11.8 Å². The fraction of sp³-hybridized carbons (Fsp3) is 0.188. The Kier molecular flexibility index (Phi) is 4.04. The standard InChI is InChI=1S/C16H15NO2/c1-3-19-16(8-9-17)14-5-4-13-11-15(18-2)7-6-12(13)10-14/h4-8,10-11H,3H2,1-2H3/b16-8+. The summed E-state index contributed by atoms with van der Waals surface area (Å²) in [5.41, 5.74) is 0.904. The first-order chi connectivity index (χ1) is 9.28. The first-order valence-corrected chi connectivity index (χ1v) is 6.09. The van der Waals surface area contributed by atoms with E-state index in [1.807, 2.05) is 49.4 Å². The number of ether oxygens (including phenoxy) is 2. The minimum atomic E-state index is 0.536. The number of benzene rings is 2. The molecule has 3 heteroatoms. The van der Waals surface area contributed by atoms with Crippen LogP contribution < -0.4 is 4.74 Å². The highest BCUT2D eigenvalue weighted by Gasteiger charge is 2.04. The van der Waals surface area contributed by atoms with Crippen LogP contribution in [0.3, 0.4) is 0 Å². The Labute approximate surface area is 112 Å². The molecule has 0 aliphatic carbocycles. The van der Waals surface area contributed by atoms with Gasteiger partial charge in [0.1, 0.15) is 11.5 Å². The summed E-state index contributed by atoms with van der Waals surface area (Å²) in [4.78, 5) is 0. The topological polar surface area (TPSA) is 42.2 Å². The van der Waals surface area contributed by atoms with Crippen LogP contribution in [-0.4, -0.2) is 13.7 Å². The van der Waals surface area contributed by atoms with Crippen molar-refractivity contribution < 1.29 is 9.47 Å². The van der Waals surface area contributed by atoms with Crippen molar-refractivity contribution in [2.75, 3.05) is 13.7 Å². The van der Waals surface area contributed by atoms with Gasteiger partial charge in [0.05, 0.1) is 25.9 Å². The molecule has 0 N–H and O–H groups in total. The second-order valence-electron chi connectivity index (χ2n) is 4.00. The third-order valence-corrected chi connectivity index (χ3v) is 2.83. The van der Waals surface area contributed by atoms with Gasteiger partial charge in [-0.05, 0) is 35.9 Å². The van der Waals surface area contributed by atoms with Crippen molar-refractivity contribution in [2.45, 2.75) is 6.92 Å². The van der Waals surface area contributed by atoms with Crippen molar-refractivity contribution in [1.82, 2.24) is 0 Å². The summed E-state index contributed by atoms with van der Waals surface area (Å²) in [5.74, 6) is 1.43. The molecule has 0 fully saturated rings. The first kappa shape index (κ1) is 13.0. The Morgan fingerprint density at radius 3 is 2.63 bits per heavy atom. The van der Waals surface area contributed by atoms with Crippen LogP contribution in [0.2, 0.25) is 0 Å². The molecule has 0 aliphatic heterocycles. The monoisotopic (exact) mass is 253 g/mol. The van der Waals surface area contributed by atoms with Gasteiger partial charge in [0, 0.05) is 5.56 Å². The second kappa shape index (κ2) is 5.92. The summed E-state index contributed by atoms with van der Waals surface area (Å²) in [5, 5.41) is 11.0. The average Bonchev–Trinajstić information content (AvgIpc) is 2.46. The van der Waals surface area contributed by atoms with Crippen molar-refractivity contribution in [3.63, 3.8) is 0 Å². The molecule has 3 nitrogen and oxygen atoms in total. The molecular weight excluding hydrogens is 238 g/mol. The lowest BCUT2D eigenvalue weighted by molar-refractivity contribution is 0.298. The van der Waals surface area contributed by atoms with E-state index in [1.165, 1.54) is 6.08 Å². The molecule has 0 atom stereocenters. The molecule has 2 rings (SSSR count).